The number of amides is 1. The van der Waals surface area contributed by atoms with Crippen LogP contribution in [-0.4, -0.2) is 66.1 Å². The SMILES string of the molecule is CC.CC.CCCC1CC(NC(=O)c2ccc(C(F)(F)F)cn2)CC(C)N1Cc1ccc(OCCCCN(C)C)c(C)c1. The monoisotopic (exact) mass is 608 g/mol. The summed E-state index contributed by atoms with van der Waals surface area (Å²) in [6.07, 6.45) is 1.95. The van der Waals surface area contributed by atoms with E-state index in [-0.39, 0.29) is 23.8 Å². The van der Waals surface area contributed by atoms with Gasteiger partial charge in [0.25, 0.3) is 5.91 Å². The molecule has 0 radical (unpaired) electrons. The molecule has 1 fully saturated rings. The summed E-state index contributed by atoms with van der Waals surface area (Å²) >= 11 is 0. The average molecular weight is 609 g/mol. The van der Waals surface area contributed by atoms with Crippen molar-refractivity contribution in [3.63, 3.8) is 0 Å². The predicted octanol–water partition coefficient (Wildman–Crippen LogP) is 8.13. The van der Waals surface area contributed by atoms with Gasteiger partial charge in [-0.1, -0.05) is 53.2 Å². The number of carbonyl (C=O) groups excluding carboxylic acids is 1. The number of alkyl halides is 3. The van der Waals surface area contributed by atoms with E-state index in [1.165, 1.54) is 5.56 Å². The molecule has 1 amide bonds. The van der Waals surface area contributed by atoms with Crippen LogP contribution in [0.25, 0.3) is 0 Å². The van der Waals surface area contributed by atoms with Crippen molar-refractivity contribution >= 4 is 5.91 Å². The molecule has 0 saturated carbocycles. The molecule has 0 spiro atoms. The van der Waals surface area contributed by atoms with Gasteiger partial charge in [-0.3, -0.25) is 14.7 Å². The van der Waals surface area contributed by atoms with Crippen molar-refractivity contribution in [2.75, 3.05) is 27.2 Å². The highest BCUT2D eigenvalue weighted by Crippen LogP contribution is 2.30. The third kappa shape index (κ3) is 12.9. The van der Waals surface area contributed by atoms with Crippen molar-refractivity contribution in [3.8, 4) is 5.75 Å². The molecule has 3 unspecified atom stereocenters. The maximum absolute atomic E-state index is 12.8. The van der Waals surface area contributed by atoms with Crippen molar-refractivity contribution in [3.05, 3.63) is 58.9 Å². The van der Waals surface area contributed by atoms with E-state index in [0.29, 0.717) is 12.8 Å². The summed E-state index contributed by atoms with van der Waals surface area (Å²) in [5.74, 6) is 0.498. The number of ether oxygens (including phenoxy) is 1. The third-order valence-electron chi connectivity index (χ3n) is 7.36. The summed E-state index contributed by atoms with van der Waals surface area (Å²) in [7, 11) is 4.16. The topological polar surface area (TPSA) is 57.7 Å². The largest absolute Gasteiger partial charge is 0.493 e. The zero-order valence-electron chi connectivity index (χ0n) is 27.9. The van der Waals surface area contributed by atoms with Gasteiger partial charge in [-0.05, 0) is 95.9 Å². The van der Waals surface area contributed by atoms with Crippen LogP contribution in [0.3, 0.4) is 0 Å². The van der Waals surface area contributed by atoms with Gasteiger partial charge in [0.05, 0.1) is 12.2 Å². The highest BCUT2D eigenvalue weighted by molar-refractivity contribution is 5.92. The summed E-state index contributed by atoms with van der Waals surface area (Å²) in [4.78, 5) is 21.2. The Morgan fingerprint density at radius 3 is 2.35 bits per heavy atom. The van der Waals surface area contributed by atoms with E-state index in [4.69, 9.17) is 4.74 Å². The van der Waals surface area contributed by atoms with E-state index < -0.39 is 17.6 Å². The van der Waals surface area contributed by atoms with Gasteiger partial charge < -0.3 is 15.0 Å². The fourth-order valence-electron chi connectivity index (χ4n) is 5.34. The van der Waals surface area contributed by atoms with E-state index >= 15 is 0 Å². The second-order valence-electron chi connectivity index (χ2n) is 11.0. The van der Waals surface area contributed by atoms with E-state index in [2.05, 4.69) is 73.2 Å². The minimum atomic E-state index is -4.48. The standard InChI is InChI=1S/C30H43F3N4O2.2C2H6/c1-6-9-26-18-25(35-29(38)27-12-11-24(19-34-27)30(31,32)33)17-22(3)37(26)20-23-10-13-28(21(2)16-23)39-15-8-7-14-36(4)5;2*1-2/h10-13,16,19,22,25-26H,6-9,14-15,17-18,20H2,1-5H3,(H,35,38);2*1-2H3. The Labute approximate surface area is 258 Å². The summed E-state index contributed by atoms with van der Waals surface area (Å²) in [6.45, 7) is 17.0. The first-order valence-corrected chi connectivity index (χ1v) is 15.9. The van der Waals surface area contributed by atoms with Gasteiger partial charge in [-0.2, -0.15) is 13.2 Å². The van der Waals surface area contributed by atoms with E-state index in [9.17, 15) is 18.0 Å². The van der Waals surface area contributed by atoms with E-state index in [1.807, 2.05) is 27.7 Å². The third-order valence-corrected chi connectivity index (χ3v) is 7.36. The van der Waals surface area contributed by atoms with Crippen LogP contribution in [0.15, 0.2) is 36.5 Å². The van der Waals surface area contributed by atoms with Crippen molar-refractivity contribution in [1.29, 1.82) is 0 Å². The predicted molar refractivity (Wildman–Crippen MR) is 171 cm³/mol. The van der Waals surface area contributed by atoms with E-state index in [0.717, 1.165) is 75.1 Å². The lowest BCUT2D eigenvalue weighted by molar-refractivity contribution is -0.137. The number of halogens is 3. The quantitative estimate of drug-likeness (QED) is 0.247. The molecular weight excluding hydrogens is 553 g/mol. The lowest BCUT2D eigenvalue weighted by Crippen LogP contribution is -2.53. The molecule has 43 heavy (non-hydrogen) atoms. The van der Waals surface area contributed by atoms with Crippen LogP contribution in [0.2, 0.25) is 0 Å². The Hall–Kier alpha value is -2.65. The molecule has 2 aromatic rings. The Bertz CT molecular complexity index is 1060. The van der Waals surface area contributed by atoms with Crippen LogP contribution < -0.4 is 10.1 Å². The number of unbranched alkanes of at least 4 members (excludes halogenated alkanes) is 1. The molecule has 0 bridgehead atoms. The molecule has 6 nitrogen and oxygen atoms in total. The van der Waals surface area contributed by atoms with Crippen LogP contribution in [-0.2, 0) is 12.7 Å². The first-order chi connectivity index (χ1) is 20.5. The van der Waals surface area contributed by atoms with Crippen LogP contribution >= 0.6 is 0 Å². The van der Waals surface area contributed by atoms with Gasteiger partial charge in [-0.15, -0.1) is 0 Å². The number of pyridine rings is 1. The van der Waals surface area contributed by atoms with Gasteiger partial charge in [0.2, 0.25) is 0 Å². The second-order valence-corrected chi connectivity index (χ2v) is 11.0. The molecule has 1 aliphatic rings. The number of aryl methyl sites for hydroxylation is 1. The number of carbonyl (C=O) groups is 1. The molecule has 9 heteroatoms. The number of benzene rings is 1. The maximum atomic E-state index is 12.8. The molecule has 1 aromatic heterocycles. The second kappa shape index (κ2) is 19.6. The molecule has 0 aliphatic carbocycles. The fourth-order valence-corrected chi connectivity index (χ4v) is 5.34. The first-order valence-electron chi connectivity index (χ1n) is 15.9. The molecule has 1 aromatic carbocycles. The molecular formula is C34H55F3N4O2. The molecule has 1 saturated heterocycles. The zero-order chi connectivity index (χ0) is 32.6. The normalized spacial score (nSPS) is 18.7. The lowest BCUT2D eigenvalue weighted by Gasteiger charge is -2.44. The summed E-state index contributed by atoms with van der Waals surface area (Å²) < 4.78 is 44.5. The highest BCUT2D eigenvalue weighted by atomic mass is 19.4. The number of aromatic nitrogens is 1. The minimum absolute atomic E-state index is 0.000563. The molecule has 3 atom stereocenters. The van der Waals surface area contributed by atoms with Crippen molar-refractivity contribution < 1.29 is 22.7 Å². The summed E-state index contributed by atoms with van der Waals surface area (Å²) in [5, 5.41) is 3.02. The van der Waals surface area contributed by atoms with Crippen LogP contribution in [0, 0.1) is 6.92 Å². The molecule has 2 heterocycles. The average Bonchev–Trinajstić information content (AvgIpc) is 2.97. The Morgan fingerprint density at radius 2 is 1.79 bits per heavy atom. The number of rotatable bonds is 12. The van der Waals surface area contributed by atoms with Crippen molar-refractivity contribution in [2.24, 2.45) is 0 Å². The maximum Gasteiger partial charge on any atom is 0.417 e. The first kappa shape index (κ1) is 38.4. The van der Waals surface area contributed by atoms with Crippen molar-refractivity contribution in [2.45, 2.75) is 118 Å². The number of nitrogens with one attached hydrogen (secondary N) is 1. The summed E-state index contributed by atoms with van der Waals surface area (Å²) in [5.41, 5.74) is 1.50. The molecule has 244 valence electrons. The van der Waals surface area contributed by atoms with Gasteiger partial charge in [0.1, 0.15) is 11.4 Å². The van der Waals surface area contributed by atoms with Crippen LogP contribution in [0.4, 0.5) is 13.2 Å². The smallest absolute Gasteiger partial charge is 0.417 e. The fraction of sp³-hybridized carbons (Fsp3) is 0.647. The molecule has 1 aliphatic heterocycles. The Morgan fingerprint density at radius 1 is 1.09 bits per heavy atom. The van der Waals surface area contributed by atoms with Gasteiger partial charge in [0, 0.05) is 30.9 Å². The number of hydrogen-bond donors (Lipinski definition) is 1. The van der Waals surface area contributed by atoms with Crippen molar-refractivity contribution in [1.82, 2.24) is 20.1 Å². The zero-order valence-corrected chi connectivity index (χ0v) is 27.9. The Balaban J connectivity index is 0.00000221. The lowest BCUT2D eigenvalue weighted by atomic mass is 9.88. The number of nitrogens with zero attached hydrogens (tertiary/aromatic N) is 3. The number of hydrogen-bond acceptors (Lipinski definition) is 5. The Kier molecular flexibility index (Phi) is 17.5. The van der Waals surface area contributed by atoms with Crippen LogP contribution in [0.5, 0.6) is 5.75 Å². The minimum Gasteiger partial charge on any atom is -0.493 e. The summed E-state index contributed by atoms with van der Waals surface area (Å²) in [6, 6.07) is 8.91. The highest BCUT2D eigenvalue weighted by Gasteiger charge is 2.34. The van der Waals surface area contributed by atoms with E-state index in [1.54, 1.807) is 0 Å². The van der Waals surface area contributed by atoms with Gasteiger partial charge in [0.15, 0.2) is 0 Å². The van der Waals surface area contributed by atoms with Gasteiger partial charge in [-0.25, -0.2) is 0 Å². The number of likely N-dealkylation sites (tertiary alicyclic amines) is 1. The van der Waals surface area contributed by atoms with Crippen LogP contribution in [0.1, 0.15) is 107 Å². The van der Waals surface area contributed by atoms with Gasteiger partial charge >= 0.3 is 6.18 Å². The molecule has 1 N–H and O–H groups in total. The molecule has 3 rings (SSSR count). The number of piperidine rings is 1.